The number of rotatable bonds is 3. The molecule has 4 nitrogen and oxygen atoms in total. The Labute approximate surface area is 99.0 Å². The molecule has 1 atom stereocenters. The molecule has 0 radical (unpaired) electrons. The molecule has 1 unspecified atom stereocenters. The topological polar surface area (TPSA) is 63.1 Å². The summed E-state index contributed by atoms with van der Waals surface area (Å²) in [6.45, 7) is 1.67. The molecular formula is C13H12N2O2. The summed E-state index contributed by atoms with van der Waals surface area (Å²) >= 11 is 0. The van der Waals surface area contributed by atoms with Crippen molar-refractivity contribution in [2.45, 2.75) is 12.8 Å². The number of nitrogens with zero attached hydrogens (tertiary/aromatic N) is 2. The van der Waals surface area contributed by atoms with Crippen LogP contribution in [-0.2, 0) is 4.79 Å². The van der Waals surface area contributed by atoms with Gasteiger partial charge in [-0.25, -0.2) is 9.97 Å². The largest absolute Gasteiger partial charge is 0.481 e. The van der Waals surface area contributed by atoms with Gasteiger partial charge in [0.25, 0.3) is 0 Å². The van der Waals surface area contributed by atoms with Crippen molar-refractivity contribution in [3.63, 3.8) is 0 Å². The second kappa shape index (κ2) is 4.74. The monoisotopic (exact) mass is 228 g/mol. The van der Waals surface area contributed by atoms with E-state index < -0.39 is 11.9 Å². The van der Waals surface area contributed by atoms with E-state index in [2.05, 4.69) is 9.97 Å². The lowest BCUT2D eigenvalue weighted by Crippen LogP contribution is -2.06. The molecule has 86 valence electrons. The summed E-state index contributed by atoms with van der Waals surface area (Å²) in [4.78, 5) is 18.7. The van der Waals surface area contributed by atoms with Gasteiger partial charge in [0.1, 0.15) is 6.33 Å². The first-order chi connectivity index (χ1) is 8.18. The van der Waals surface area contributed by atoms with Crippen LogP contribution in [0.15, 0.2) is 43.0 Å². The van der Waals surface area contributed by atoms with Crippen LogP contribution in [0.25, 0.3) is 11.1 Å². The number of hydrogen-bond donors (Lipinski definition) is 1. The number of carboxylic acids is 1. The first kappa shape index (κ1) is 11.3. The van der Waals surface area contributed by atoms with Crippen molar-refractivity contribution in [2.24, 2.45) is 0 Å². The Bertz CT molecular complexity index is 509. The fraction of sp³-hybridized carbons (Fsp3) is 0.154. The number of carboxylic acid groups (broad SMARTS) is 1. The van der Waals surface area contributed by atoms with E-state index in [4.69, 9.17) is 5.11 Å². The average Bonchev–Trinajstić information content (AvgIpc) is 2.39. The molecular weight excluding hydrogens is 216 g/mol. The van der Waals surface area contributed by atoms with E-state index in [0.717, 1.165) is 16.7 Å². The van der Waals surface area contributed by atoms with Crippen LogP contribution in [0.3, 0.4) is 0 Å². The highest BCUT2D eigenvalue weighted by molar-refractivity contribution is 5.76. The number of carbonyl (C=O) groups is 1. The van der Waals surface area contributed by atoms with Crippen LogP contribution in [0.5, 0.6) is 0 Å². The molecule has 2 rings (SSSR count). The fourth-order valence-corrected chi connectivity index (χ4v) is 1.55. The molecule has 0 amide bonds. The SMILES string of the molecule is CC(C(=O)O)c1ccc(-c2cncnc2)cc1. The van der Waals surface area contributed by atoms with Gasteiger partial charge in [-0.05, 0) is 18.1 Å². The van der Waals surface area contributed by atoms with Gasteiger partial charge in [-0.1, -0.05) is 24.3 Å². The van der Waals surface area contributed by atoms with Crippen molar-refractivity contribution in [1.82, 2.24) is 9.97 Å². The molecule has 4 heteroatoms. The van der Waals surface area contributed by atoms with E-state index in [-0.39, 0.29) is 0 Å². The molecule has 0 fully saturated rings. The maximum absolute atomic E-state index is 10.8. The first-order valence-electron chi connectivity index (χ1n) is 5.26. The van der Waals surface area contributed by atoms with Gasteiger partial charge >= 0.3 is 5.97 Å². The Morgan fingerprint density at radius 3 is 2.24 bits per heavy atom. The van der Waals surface area contributed by atoms with Gasteiger partial charge in [-0.15, -0.1) is 0 Å². The zero-order chi connectivity index (χ0) is 12.3. The predicted molar refractivity (Wildman–Crippen MR) is 63.5 cm³/mol. The Morgan fingerprint density at radius 1 is 1.12 bits per heavy atom. The molecule has 1 aromatic heterocycles. The van der Waals surface area contributed by atoms with Crippen molar-refractivity contribution in [1.29, 1.82) is 0 Å². The van der Waals surface area contributed by atoms with Gasteiger partial charge in [-0.3, -0.25) is 4.79 Å². The molecule has 1 aromatic carbocycles. The van der Waals surface area contributed by atoms with E-state index in [9.17, 15) is 4.79 Å². The summed E-state index contributed by atoms with van der Waals surface area (Å²) in [5, 5.41) is 8.90. The third-order valence-electron chi connectivity index (χ3n) is 2.68. The van der Waals surface area contributed by atoms with Gasteiger partial charge in [0.2, 0.25) is 0 Å². The molecule has 1 heterocycles. The Hall–Kier alpha value is -2.23. The summed E-state index contributed by atoms with van der Waals surface area (Å²) in [7, 11) is 0. The highest BCUT2D eigenvalue weighted by Gasteiger charge is 2.13. The molecule has 0 aliphatic carbocycles. The van der Waals surface area contributed by atoms with Crippen molar-refractivity contribution in [2.75, 3.05) is 0 Å². The molecule has 0 spiro atoms. The highest BCUT2D eigenvalue weighted by Crippen LogP contribution is 2.21. The molecule has 0 saturated heterocycles. The molecule has 2 aromatic rings. The first-order valence-corrected chi connectivity index (χ1v) is 5.26. The predicted octanol–water partition coefficient (Wildman–Crippen LogP) is 2.33. The number of benzene rings is 1. The van der Waals surface area contributed by atoms with Crippen LogP contribution in [0.1, 0.15) is 18.4 Å². The molecule has 1 N–H and O–H groups in total. The van der Waals surface area contributed by atoms with Gasteiger partial charge in [0.05, 0.1) is 5.92 Å². The third kappa shape index (κ3) is 2.47. The van der Waals surface area contributed by atoms with E-state index in [1.165, 1.54) is 6.33 Å². The average molecular weight is 228 g/mol. The lowest BCUT2D eigenvalue weighted by molar-refractivity contribution is -0.138. The summed E-state index contributed by atoms with van der Waals surface area (Å²) in [5.74, 6) is -1.31. The zero-order valence-electron chi connectivity index (χ0n) is 9.37. The van der Waals surface area contributed by atoms with Crippen LogP contribution < -0.4 is 0 Å². The molecule has 0 aliphatic rings. The quantitative estimate of drug-likeness (QED) is 0.875. The Morgan fingerprint density at radius 2 is 1.71 bits per heavy atom. The second-order valence-electron chi connectivity index (χ2n) is 3.81. The minimum atomic E-state index is -0.819. The van der Waals surface area contributed by atoms with Crippen LogP contribution in [-0.4, -0.2) is 21.0 Å². The summed E-state index contributed by atoms with van der Waals surface area (Å²) < 4.78 is 0. The Kier molecular flexibility index (Phi) is 3.14. The zero-order valence-corrected chi connectivity index (χ0v) is 9.37. The standard InChI is InChI=1S/C13H12N2O2/c1-9(13(16)17)10-2-4-11(5-3-10)12-6-14-8-15-7-12/h2-9H,1H3,(H,16,17). The number of hydrogen-bond acceptors (Lipinski definition) is 3. The summed E-state index contributed by atoms with van der Waals surface area (Å²) in [6, 6.07) is 7.41. The van der Waals surface area contributed by atoms with E-state index in [1.54, 1.807) is 19.3 Å². The lowest BCUT2D eigenvalue weighted by Gasteiger charge is -2.07. The molecule has 0 aliphatic heterocycles. The second-order valence-corrected chi connectivity index (χ2v) is 3.81. The minimum Gasteiger partial charge on any atom is -0.481 e. The summed E-state index contributed by atoms with van der Waals surface area (Å²) in [5.41, 5.74) is 2.69. The van der Waals surface area contributed by atoms with Gasteiger partial charge in [0.15, 0.2) is 0 Å². The van der Waals surface area contributed by atoms with E-state index in [0.29, 0.717) is 0 Å². The van der Waals surface area contributed by atoms with Crippen LogP contribution in [0.2, 0.25) is 0 Å². The highest BCUT2D eigenvalue weighted by atomic mass is 16.4. The van der Waals surface area contributed by atoms with Crippen LogP contribution in [0.4, 0.5) is 0 Å². The van der Waals surface area contributed by atoms with Crippen molar-refractivity contribution >= 4 is 5.97 Å². The van der Waals surface area contributed by atoms with Crippen molar-refractivity contribution < 1.29 is 9.90 Å². The van der Waals surface area contributed by atoms with Crippen molar-refractivity contribution in [3.8, 4) is 11.1 Å². The van der Waals surface area contributed by atoms with E-state index in [1.807, 2.05) is 24.3 Å². The third-order valence-corrected chi connectivity index (χ3v) is 2.68. The Balaban J connectivity index is 2.28. The minimum absolute atomic E-state index is 0.490. The normalized spacial score (nSPS) is 12.1. The number of aromatic nitrogens is 2. The smallest absolute Gasteiger partial charge is 0.310 e. The van der Waals surface area contributed by atoms with Gasteiger partial charge in [-0.2, -0.15) is 0 Å². The maximum atomic E-state index is 10.8. The lowest BCUT2D eigenvalue weighted by atomic mass is 9.99. The van der Waals surface area contributed by atoms with Crippen LogP contribution >= 0.6 is 0 Å². The fourth-order valence-electron chi connectivity index (χ4n) is 1.55. The van der Waals surface area contributed by atoms with Crippen LogP contribution in [0, 0.1) is 0 Å². The van der Waals surface area contributed by atoms with Gasteiger partial charge < -0.3 is 5.11 Å². The molecule has 17 heavy (non-hydrogen) atoms. The maximum Gasteiger partial charge on any atom is 0.310 e. The number of aliphatic carboxylic acids is 1. The van der Waals surface area contributed by atoms with Gasteiger partial charge in [0, 0.05) is 18.0 Å². The van der Waals surface area contributed by atoms with E-state index >= 15 is 0 Å². The van der Waals surface area contributed by atoms with Crippen molar-refractivity contribution in [3.05, 3.63) is 48.5 Å². The molecule has 0 saturated carbocycles. The summed E-state index contributed by atoms with van der Waals surface area (Å²) in [6.07, 6.45) is 4.93. The molecule has 0 bridgehead atoms.